The minimum absolute atomic E-state index is 0.185. The highest BCUT2D eigenvalue weighted by molar-refractivity contribution is 7.13. The first-order valence-electron chi connectivity index (χ1n) is 8.74. The Morgan fingerprint density at radius 2 is 2.38 bits per heavy atom. The van der Waals surface area contributed by atoms with Crippen LogP contribution in [0.15, 0.2) is 23.7 Å². The normalized spacial score (nSPS) is 18.7. The van der Waals surface area contributed by atoms with Crippen molar-refractivity contribution in [2.24, 2.45) is 7.05 Å². The minimum atomic E-state index is 0.185. The number of nitrogens with one attached hydrogen (secondary N) is 1. The standard InChI is InChI=1S/C18H26N4OS/c1-3-6-17(23)19-15-7-4-9-22(13-15)12-14-11-21(2)20-18(14)16-8-5-10-24-16/h5,8,10-11,15H,3-4,6-7,9,12-13H2,1-2H3,(H,19,23)/t15-/m1/s1. The van der Waals surface area contributed by atoms with E-state index in [1.165, 1.54) is 10.4 Å². The van der Waals surface area contributed by atoms with Crippen LogP contribution < -0.4 is 5.32 Å². The Kier molecular flexibility index (Phi) is 5.68. The van der Waals surface area contributed by atoms with E-state index in [-0.39, 0.29) is 11.9 Å². The van der Waals surface area contributed by atoms with Crippen molar-refractivity contribution in [3.05, 3.63) is 29.3 Å². The Hall–Kier alpha value is -1.66. The molecule has 6 heteroatoms. The second-order valence-electron chi connectivity index (χ2n) is 6.55. The molecule has 0 unspecified atom stereocenters. The van der Waals surface area contributed by atoms with Gasteiger partial charge < -0.3 is 5.32 Å². The van der Waals surface area contributed by atoms with E-state index in [4.69, 9.17) is 0 Å². The maximum Gasteiger partial charge on any atom is 0.220 e. The van der Waals surface area contributed by atoms with Crippen LogP contribution in [-0.2, 0) is 18.4 Å². The summed E-state index contributed by atoms with van der Waals surface area (Å²) in [6.07, 6.45) is 5.86. The molecule has 0 saturated carbocycles. The first-order chi connectivity index (χ1) is 11.7. The van der Waals surface area contributed by atoms with Crippen LogP contribution in [0, 0.1) is 0 Å². The van der Waals surface area contributed by atoms with Gasteiger partial charge in [-0.2, -0.15) is 5.10 Å². The molecule has 1 aliphatic rings. The van der Waals surface area contributed by atoms with Gasteiger partial charge in [-0.1, -0.05) is 13.0 Å². The number of likely N-dealkylation sites (tertiary alicyclic amines) is 1. The third-order valence-corrected chi connectivity index (χ3v) is 5.28. The van der Waals surface area contributed by atoms with Crippen molar-refractivity contribution < 1.29 is 4.79 Å². The van der Waals surface area contributed by atoms with E-state index in [2.05, 4.69) is 39.0 Å². The third kappa shape index (κ3) is 4.24. The molecule has 1 aliphatic heterocycles. The van der Waals surface area contributed by atoms with Gasteiger partial charge in [-0.25, -0.2) is 0 Å². The van der Waals surface area contributed by atoms with E-state index < -0.39 is 0 Å². The van der Waals surface area contributed by atoms with Crippen LogP contribution in [0.3, 0.4) is 0 Å². The molecule has 0 spiro atoms. The molecule has 1 amide bonds. The van der Waals surface area contributed by atoms with Crippen LogP contribution in [0.1, 0.15) is 38.2 Å². The highest BCUT2D eigenvalue weighted by Crippen LogP contribution is 2.28. The van der Waals surface area contributed by atoms with Gasteiger partial charge in [-0.3, -0.25) is 14.4 Å². The average Bonchev–Trinajstić information content (AvgIpc) is 3.17. The highest BCUT2D eigenvalue weighted by Gasteiger charge is 2.23. The Morgan fingerprint density at radius 1 is 1.50 bits per heavy atom. The number of thiophene rings is 1. The van der Waals surface area contributed by atoms with Crippen LogP contribution in [0.5, 0.6) is 0 Å². The summed E-state index contributed by atoms with van der Waals surface area (Å²) < 4.78 is 1.90. The summed E-state index contributed by atoms with van der Waals surface area (Å²) in [5.41, 5.74) is 2.35. The lowest BCUT2D eigenvalue weighted by atomic mass is 10.0. The first kappa shape index (κ1) is 17.2. The summed E-state index contributed by atoms with van der Waals surface area (Å²) in [6, 6.07) is 4.47. The maximum atomic E-state index is 11.8. The number of amides is 1. The number of carbonyl (C=O) groups is 1. The predicted octanol–water partition coefficient (Wildman–Crippen LogP) is 3.03. The van der Waals surface area contributed by atoms with Gasteiger partial charge in [0.1, 0.15) is 5.69 Å². The largest absolute Gasteiger partial charge is 0.352 e. The first-order valence-corrected chi connectivity index (χ1v) is 9.61. The molecule has 2 aromatic heterocycles. The van der Waals surface area contributed by atoms with Crippen LogP contribution >= 0.6 is 11.3 Å². The number of piperidine rings is 1. The van der Waals surface area contributed by atoms with E-state index in [0.29, 0.717) is 6.42 Å². The van der Waals surface area contributed by atoms with Gasteiger partial charge in [-0.15, -0.1) is 11.3 Å². The monoisotopic (exact) mass is 346 g/mol. The molecule has 0 bridgehead atoms. The number of aryl methyl sites for hydroxylation is 1. The molecule has 24 heavy (non-hydrogen) atoms. The zero-order chi connectivity index (χ0) is 16.9. The van der Waals surface area contributed by atoms with Gasteiger partial charge in [0.05, 0.1) is 4.88 Å². The summed E-state index contributed by atoms with van der Waals surface area (Å²) in [5.74, 6) is 0.185. The summed E-state index contributed by atoms with van der Waals surface area (Å²) >= 11 is 1.73. The molecule has 2 aromatic rings. The fraction of sp³-hybridized carbons (Fsp3) is 0.556. The molecule has 130 valence electrons. The Morgan fingerprint density at radius 3 is 3.12 bits per heavy atom. The van der Waals surface area contributed by atoms with E-state index in [1.54, 1.807) is 11.3 Å². The number of hydrogen-bond donors (Lipinski definition) is 1. The lowest BCUT2D eigenvalue weighted by molar-refractivity contribution is -0.122. The number of rotatable bonds is 6. The molecular weight excluding hydrogens is 320 g/mol. The van der Waals surface area contributed by atoms with Crippen molar-refractivity contribution in [2.75, 3.05) is 13.1 Å². The van der Waals surface area contributed by atoms with Crippen molar-refractivity contribution in [1.29, 1.82) is 0 Å². The van der Waals surface area contributed by atoms with Crippen LogP contribution in [-0.4, -0.2) is 39.7 Å². The van der Waals surface area contributed by atoms with Gasteiger partial charge in [0, 0.05) is 44.4 Å². The number of nitrogens with zero attached hydrogens (tertiary/aromatic N) is 3. The molecule has 1 saturated heterocycles. The minimum Gasteiger partial charge on any atom is -0.352 e. The van der Waals surface area contributed by atoms with Gasteiger partial charge in [0.15, 0.2) is 0 Å². The molecule has 3 heterocycles. The lowest BCUT2D eigenvalue weighted by Gasteiger charge is -2.33. The van der Waals surface area contributed by atoms with Crippen molar-refractivity contribution in [3.63, 3.8) is 0 Å². The SMILES string of the molecule is CCCC(=O)N[C@@H]1CCCN(Cc2cn(C)nc2-c2cccs2)C1. The molecule has 0 aromatic carbocycles. The lowest BCUT2D eigenvalue weighted by Crippen LogP contribution is -2.47. The molecule has 0 aliphatic carbocycles. The highest BCUT2D eigenvalue weighted by atomic mass is 32.1. The second kappa shape index (κ2) is 7.94. The van der Waals surface area contributed by atoms with Gasteiger partial charge >= 0.3 is 0 Å². The summed E-state index contributed by atoms with van der Waals surface area (Å²) in [5, 5.41) is 9.92. The summed E-state index contributed by atoms with van der Waals surface area (Å²) in [6.45, 7) is 4.94. The third-order valence-electron chi connectivity index (χ3n) is 4.40. The van der Waals surface area contributed by atoms with E-state index >= 15 is 0 Å². The van der Waals surface area contributed by atoms with Gasteiger partial charge in [-0.05, 0) is 37.3 Å². The molecule has 3 rings (SSSR count). The maximum absolute atomic E-state index is 11.8. The van der Waals surface area contributed by atoms with Crippen molar-refractivity contribution >= 4 is 17.2 Å². The molecule has 1 atom stereocenters. The fourth-order valence-corrected chi connectivity index (χ4v) is 4.10. The fourth-order valence-electron chi connectivity index (χ4n) is 3.36. The van der Waals surface area contributed by atoms with Gasteiger partial charge in [0.2, 0.25) is 5.91 Å². The average molecular weight is 347 g/mol. The van der Waals surface area contributed by atoms with Gasteiger partial charge in [0.25, 0.3) is 0 Å². The molecule has 1 fully saturated rings. The van der Waals surface area contributed by atoms with Crippen LogP contribution in [0.25, 0.3) is 10.6 Å². The van der Waals surface area contributed by atoms with E-state index in [0.717, 1.165) is 44.6 Å². The van der Waals surface area contributed by atoms with Crippen molar-refractivity contribution in [3.8, 4) is 10.6 Å². The topological polar surface area (TPSA) is 50.2 Å². The Balaban J connectivity index is 1.65. The summed E-state index contributed by atoms with van der Waals surface area (Å²) in [4.78, 5) is 15.5. The molecule has 5 nitrogen and oxygen atoms in total. The number of aromatic nitrogens is 2. The molecule has 1 N–H and O–H groups in total. The Bertz CT molecular complexity index is 665. The Labute approximate surface area is 147 Å². The van der Waals surface area contributed by atoms with E-state index in [1.807, 2.05) is 18.7 Å². The van der Waals surface area contributed by atoms with E-state index in [9.17, 15) is 4.79 Å². The zero-order valence-electron chi connectivity index (χ0n) is 14.5. The second-order valence-corrected chi connectivity index (χ2v) is 7.49. The van der Waals surface area contributed by atoms with Crippen LogP contribution in [0.2, 0.25) is 0 Å². The van der Waals surface area contributed by atoms with Crippen molar-refractivity contribution in [2.45, 2.75) is 45.2 Å². The van der Waals surface area contributed by atoms with Crippen LogP contribution in [0.4, 0.5) is 0 Å². The smallest absolute Gasteiger partial charge is 0.220 e. The predicted molar refractivity (Wildman–Crippen MR) is 97.9 cm³/mol. The zero-order valence-corrected chi connectivity index (χ0v) is 15.3. The number of hydrogen-bond acceptors (Lipinski definition) is 4. The van der Waals surface area contributed by atoms with Crippen molar-refractivity contribution in [1.82, 2.24) is 20.0 Å². The molecular formula is C18H26N4OS. The number of carbonyl (C=O) groups excluding carboxylic acids is 1. The quantitative estimate of drug-likeness (QED) is 0.875. The molecule has 0 radical (unpaired) electrons. The summed E-state index contributed by atoms with van der Waals surface area (Å²) in [7, 11) is 1.98.